The predicted octanol–water partition coefficient (Wildman–Crippen LogP) is 4.02. The van der Waals surface area contributed by atoms with E-state index in [4.69, 9.17) is 22.1 Å². The van der Waals surface area contributed by atoms with Gasteiger partial charge in [-0.15, -0.1) is 12.4 Å². The molecular weight excluding hydrogens is 451 g/mol. The number of carbonyl (C=O) groups excluding carboxylic acids is 2. The SMILES string of the molecule is COC(=O)c1cc(N2CCN(C3CCC(CN)(c4cccc(Cl)c4)CC3)C2=O)ccn1.Cl. The molecule has 1 aliphatic heterocycles. The molecule has 4 rings (SSSR count). The zero-order valence-corrected chi connectivity index (χ0v) is 19.6. The van der Waals surface area contributed by atoms with Crippen molar-refractivity contribution in [1.82, 2.24) is 9.88 Å². The molecule has 0 bridgehead atoms. The number of urea groups is 1. The number of rotatable bonds is 5. The molecular formula is C23H28Cl2N4O3. The number of carbonyl (C=O) groups is 2. The lowest BCUT2D eigenvalue weighted by atomic mass is 9.68. The maximum absolute atomic E-state index is 13.2. The fourth-order valence-corrected chi connectivity index (χ4v) is 5.02. The van der Waals surface area contributed by atoms with Crippen LogP contribution in [0.2, 0.25) is 5.02 Å². The number of halogens is 2. The number of nitrogens with zero attached hydrogens (tertiary/aromatic N) is 3. The van der Waals surface area contributed by atoms with Gasteiger partial charge in [-0.25, -0.2) is 14.6 Å². The highest BCUT2D eigenvalue weighted by atomic mass is 35.5. The average Bonchev–Trinajstić information content (AvgIpc) is 3.20. The number of nitrogens with two attached hydrogens (primary N) is 1. The summed E-state index contributed by atoms with van der Waals surface area (Å²) in [5.41, 5.74) is 8.16. The minimum absolute atomic E-state index is 0. The van der Waals surface area contributed by atoms with Crippen molar-refractivity contribution in [3.63, 3.8) is 0 Å². The lowest BCUT2D eigenvalue weighted by Crippen LogP contribution is -2.46. The van der Waals surface area contributed by atoms with E-state index in [2.05, 4.69) is 11.1 Å². The van der Waals surface area contributed by atoms with Crippen molar-refractivity contribution in [3.05, 3.63) is 58.9 Å². The van der Waals surface area contributed by atoms with Gasteiger partial charge in [-0.1, -0.05) is 23.7 Å². The van der Waals surface area contributed by atoms with Crippen LogP contribution in [-0.4, -0.2) is 54.7 Å². The molecule has 2 aliphatic rings. The van der Waals surface area contributed by atoms with E-state index in [1.807, 2.05) is 23.1 Å². The number of hydrogen-bond acceptors (Lipinski definition) is 5. The number of pyridine rings is 1. The van der Waals surface area contributed by atoms with Gasteiger partial charge in [-0.05, 0) is 55.5 Å². The topological polar surface area (TPSA) is 88.8 Å². The molecule has 7 nitrogen and oxygen atoms in total. The second-order valence-corrected chi connectivity index (χ2v) is 8.68. The van der Waals surface area contributed by atoms with Crippen LogP contribution in [-0.2, 0) is 10.2 Å². The number of aromatic nitrogens is 1. The maximum Gasteiger partial charge on any atom is 0.356 e. The Labute approximate surface area is 199 Å². The van der Waals surface area contributed by atoms with Crippen LogP contribution < -0.4 is 10.6 Å². The highest BCUT2D eigenvalue weighted by Gasteiger charge is 2.41. The minimum Gasteiger partial charge on any atom is -0.464 e. The Morgan fingerprint density at radius 2 is 2.00 bits per heavy atom. The highest BCUT2D eigenvalue weighted by molar-refractivity contribution is 6.30. The fourth-order valence-electron chi connectivity index (χ4n) is 4.83. The average molecular weight is 479 g/mol. The van der Waals surface area contributed by atoms with E-state index in [9.17, 15) is 9.59 Å². The molecule has 9 heteroatoms. The van der Waals surface area contributed by atoms with Gasteiger partial charge in [0.1, 0.15) is 5.69 Å². The lowest BCUT2D eigenvalue weighted by Gasteiger charge is -2.42. The largest absolute Gasteiger partial charge is 0.464 e. The molecule has 0 unspecified atom stereocenters. The number of benzene rings is 1. The Morgan fingerprint density at radius 1 is 1.25 bits per heavy atom. The predicted molar refractivity (Wildman–Crippen MR) is 127 cm³/mol. The Bertz CT molecular complexity index is 979. The van der Waals surface area contributed by atoms with Crippen LogP contribution in [0, 0.1) is 0 Å². The summed E-state index contributed by atoms with van der Waals surface area (Å²) >= 11 is 6.22. The summed E-state index contributed by atoms with van der Waals surface area (Å²) in [6.07, 6.45) is 5.15. The molecule has 1 aliphatic carbocycles. The summed E-state index contributed by atoms with van der Waals surface area (Å²) in [7, 11) is 1.31. The van der Waals surface area contributed by atoms with Gasteiger partial charge in [0.15, 0.2) is 0 Å². The van der Waals surface area contributed by atoms with E-state index in [0.717, 1.165) is 30.7 Å². The van der Waals surface area contributed by atoms with Crippen molar-refractivity contribution >= 4 is 41.7 Å². The van der Waals surface area contributed by atoms with Crippen LogP contribution in [0.1, 0.15) is 41.7 Å². The van der Waals surface area contributed by atoms with Crippen molar-refractivity contribution in [3.8, 4) is 0 Å². The molecule has 2 N–H and O–H groups in total. The van der Waals surface area contributed by atoms with Crippen molar-refractivity contribution in [1.29, 1.82) is 0 Å². The Hall–Kier alpha value is -2.35. The molecule has 2 amide bonds. The molecule has 1 saturated heterocycles. The summed E-state index contributed by atoms with van der Waals surface area (Å²) in [6, 6.07) is 11.5. The first-order valence-electron chi connectivity index (χ1n) is 10.6. The fraction of sp³-hybridized carbons (Fsp3) is 0.435. The van der Waals surface area contributed by atoms with Gasteiger partial charge in [-0.2, -0.15) is 0 Å². The van der Waals surface area contributed by atoms with E-state index in [-0.39, 0.29) is 35.6 Å². The summed E-state index contributed by atoms with van der Waals surface area (Å²) in [6.45, 7) is 1.80. The molecule has 1 saturated carbocycles. The normalized spacial score (nSPS) is 23.1. The molecule has 2 aromatic rings. The summed E-state index contributed by atoms with van der Waals surface area (Å²) in [5.74, 6) is -0.517. The minimum atomic E-state index is -0.517. The van der Waals surface area contributed by atoms with E-state index in [0.29, 0.717) is 25.3 Å². The van der Waals surface area contributed by atoms with Gasteiger partial charge in [0.05, 0.1) is 7.11 Å². The number of ether oxygens (including phenoxy) is 1. The first kappa shape index (κ1) is 24.3. The van der Waals surface area contributed by atoms with Crippen LogP contribution in [0.5, 0.6) is 0 Å². The van der Waals surface area contributed by atoms with Crippen LogP contribution >= 0.6 is 24.0 Å². The Balaban J connectivity index is 0.00000289. The highest BCUT2D eigenvalue weighted by Crippen LogP contribution is 2.41. The quantitative estimate of drug-likeness (QED) is 0.655. The standard InChI is InChI=1S/C23H27ClN4O3.ClH/c1-31-21(29)20-14-19(7-10-26-20)28-12-11-27(22(28)30)18-5-8-23(15-25,9-6-18)16-3-2-4-17(24)13-16;/h2-4,7,10,13-14,18H,5-6,8-9,11-12,15,25H2,1H3;1H. The second-order valence-electron chi connectivity index (χ2n) is 8.24. The van der Waals surface area contributed by atoms with Crippen LogP contribution in [0.4, 0.5) is 10.5 Å². The van der Waals surface area contributed by atoms with Gasteiger partial charge in [0.2, 0.25) is 0 Å². The third-order valence-electron chi connectivity index (χ3n) is 6.67. The van der Waals surface area contributed by atoms with Crippen molar-refractivity contribution in [2.75, 3.05) is 31.6 Å². The first-order chi connectivity index (χ1) is 15.0. The Kier molecular flexibility index (Phi) is 7.64. The zero-order chi connectivity index (χ0) is 22.0. The maximum atomic E-state index is 13.2. The molecule has 0 atom stereocenters. The molecule has 0 radical (unpaired) electrons. The second kappa shape index (κ2) is 10.1. The number of amides is 2. The van der Waals surface area contributed by atoms with E-state index >= 15 is 0 Å². The summed E-state index contributed by atoms with van der Waals surface area (Å²) in [4.78, 5) is 32.6. The number of hydrogen-bond donors (Lipinski definition) is 1. The number of methoxy groups -OCH3 is 1. The third-order valence-corrected chi connectivity index (χ3v) is 6.91. The number of anilines is 1. The monoisotopic (exact) mass is 478 g/mol. The molecule has 2 heterocycles. The third kappa shape index (κ3) is 4.56. The smallest absolute Gasteiger partial charge is 0.356 e. The van der Waals surface area contributed by atoms with Gasteiger partial charge < -0.3 is 15.4 Å². The van der Waals surface area contributed by atoms with Crippen LogP contribution in [0.25, 0.3) is 0 Å². The number of esters is 1. The summed E-state index contributed by atoms with van der Waals surface area (Å²) in [5, 5.41) is 0.724. The van der Waals surface area contributed by atoms with Crippen molar-refractivity contribution in [2.24, 2.45) is 5.73 Å². The van der Waals surface area contributed by atoms with E-state index in [1.54, 1.807) is 17.0 Å². The van der Waals surface area contributed by atoms with Crippen molar-refractivity contribution < 1.29 is 14.3 Å². The lowest BCUT2D eigenvalue weighted by molar-refractivity contribution is 0.0594. The van der Waals surface area contributed by atoms with Crippen molar-refractivity contribution in [2.45, 2.75) is 37.1 Å². The molecule has 32 heavy (non-hydrogen) atoms. The summed E-state index contributed by atoms with van der Waals surface area (Å²) < 4.78 is 4.74. The van der Waals surface area contributed by atoms with Gasteiger partial charge in [-0.3, -0.25) is 4.90 Å². The van der Waals surface area contributed by atoms with Crippen LogP contribution in [0.3, 0.4) is 0 Å². The molecule has 1 aromatic heterocycles. The van der Waals surface area contributed by atoms with Crippen LogP contribution in [0.15, 0.2) is 42.6 Å². The van der Waals surface area contributed by atoms with E-state index < -0.39 is 5.97 Å². The van der Waals surface area contributed by atoms with Gasteiger partial charge in [0.25, 0.3) is 0 Å². The first-order valence-corrected chi connectivity index (χ1v) is 10.9. The molecule has 172 valence electrons. The molecule has 0 spiro atoms. The Morgan fingerprint density at radius 3 is 2.66 bits per heavy atom. The van der Waals surface area contributed by atoms with Gasteiger partial charge in [0, 0.05) is 48.0 Å². The van der Waals surface area contributed by atoms with E-state index in [1.165, 1.54) is 18.9 Å². The zero-order valence-electron chi connectivity index (χ0n) is 18.0. The van der Waals surface area contributed by atoms with Gasteiger partial charge >= 0.3 is 12.0 Å². The molecule has 2 fully saturated rings. The molecule has 1 aromatic carbocycles.